The topological polar surface area (TPSA) is 70.1 Å². The van der Waals surface area contributed by atoms with Crippen LogP contribution in [0.25, 0.3) is 0 Å². The summed E-state index contributed by atoms with van der Waals surface area (Å²) in [6.45, 7) is 0. The van der Waals surface area contributed by atoms with Gasteiger partial charge in [0.15, 0.2) is 0 Å². The number of anilines is 1. The number of fused-ring (bicyclic) bond motifs is 1. The molecule has 4 rings (SSSR count). The molecule has 0 saturated carbocycles. The van der Waals surface area contributed by atoms with Crippen molar-refractivity contribution in [1.82, 2.24) is 10.2 Å². The highest BCUT2D eigenvalue weighted by Crippen LogP contribution is 2.34. The minimum absolute atomic E-state index is 0.351. The van der Waals surface area contributed by atoms with Crippen molar-refractivity contribution in [2.75, 3.05) is 5.32 Å². The third-order valence-corrected chi connectivity index (χ3v) is 4.24. The minimum Gasteiger partial charge on any atom is -0.307 e. The Balaban J connectivity index is 1.67. The fraction of sp³-hybridized carbons (Fsp3) is 0.105. The lowest BCUT2D eigenvalue weighted by molar-refractivity contribution is -0.137. The number of rotatable bonds is 3. The van der Waals surface area contributed by atoms with Gasteiger partial charge in [0, 0.05) is 12.5 Å². The van der Waals surface area contributed by atoms with Gasteiger partial charge in [-0.25, -0.2) is 0 Å². The molecule has 3 aromatic rings. The Labute approximate surface area is 152 Å². The molecule has 8 heteroatoms. The Bertz CT molecular complexity index is 1040. The van der Waals surface area contributed by atoms with Gasteiger partial charge in [-0.3, -0.25) is 14.9 Å². The fourth-order valence-corrected chi connectivity index (χ4v) is 2.96. The first-order valence-corrected chi connectivity index (χ1v) is 8.09. The van der Waals surface area contributed by atoms with Crippen LogP contribution in [0.15, 0.2) is 59.7 Å². The second-order valence-electron chi connectivity index (χ2n) is 6.05. The standard InChI is InChI=1S/C19H13F3N4O/c20-19(21,22)13-5-1-3-11(9-13)15-10-12-4-2-6-14(17(12)24-15)18(27)25-16-7-8-23-26-16/h1-9H,10H2,(H2,23,25,26,27). The molecule has 0 aliphatic carbocycles. The molecule has 136 valence electrons. The maximum absolute atomic E-state index is 13.0. The predicted molar refractivity (Wildman–Crippen MR) is 94.3 cm³/mol. The van der Waals surface area contributed by atoms with Crippen LogP contribution in [-0.2, 0) is 12.6 Å². The number of para-hydroxylation sites is 1. The van der Waals surface area contributed by atoms with Crippen LogP contribution in [-0.4, -0.2) is 21.8 Å². The van der Waals surface area contributed by atoms with E-state index in [0.29, 0.717) is 34.8 Å². The molecule has 27 heavy (non-hydrogen) atoms. The zero-order valence-corrected chi connectivity index (χ0v) is 13.8. The van der Waals surface area contributed by atoms with E-state index in [9.17, 15) is 18.0 Å². The zero-order valence-electron chi connectivity index (χ0n) is 13.8. The van der Waals surface area contributed by atoms with Gasteiger partial charge in [0.1, 0.15) is 5.82 Å². The highest BCUT2D eigenvalue weighted by molar-refractivity contribution is 6.13. The lowest BCUT2D eigenvalue weighted by Crippen LogP contribution is -2.12. The highest BCUT2D eigenvalue weighted by atomic mass is 19.4. The van der Waals surface area contributed by atoms with Crippen LogP contribution in [0, 0.1) is 0 Å². The van der Waals surface area contributed by atoms with E-state index in [1.807, 2.05) is 6.07 Å². The molecule has 1 aliphatic heterocycles. The Morgan fingerprint density at radius 2 is 1.93 bits per heavy atom. The molecule has 2 N–H and O–H groups in total. The van der Waals surface area contributed by atoms with Crippen LogP contribution in [0.5, 0.6) is 0 Å². The Kier molecular flexibility index (Phi) is 4.02. The molecule has 0 bridgehead atoms. The van der Waals surface area contributed by atoms with E-state index >= 15 is 0 Å². The largest absolute Gasteiger partial charge is 0.416 e. The predicted octanol–water partition coefficient (Wildman–Crippen LogP) is 4.36. The molecule has 0 unspecified atom stereocenters. The van der Waals surface area contributed by atoms with E-state index in [1.165, 1.54) is 12.3 Å². The van der Waals surface area contributed by atoms with E-state index in [4.69, 9.17) is 0 Å². The van der Waals surface area contributed by atoms with E-state index in [1.54, 1.807) is 24.3 Å². The Hall–Kier alpha value is -3.42. The number of H-pyrrole nitrogens is 1. The molecular weight excluding hydrogens is 357 g/mol. The summed E-state index contributed by atoms with van der Waals surface area (Å²) < 4.78 is 38.9. The maximum atomic E-state index is 13.0. The average Bonchev–Trinajstić information content (AvgIpc) is 3.30. The summed E-state index contributed by atoms with van der Waals surface area (Å²) in [4.78, 5) is 17.0. The summed E-state index contributed by atoms with van der Waals surface area (Å²) in [5.41, 5.74) is 1.78. The van der Waals surface area contributed by atoms with Crippen molar-refractivity contribution in [2.24, 2.45) is 4.99 Å². The second-order valence-corrected chi connectivity index (χ2v) is 6.05. The van der Waals surface area contributed by atoms with Gasteiger partial charge in [-0.2, -0.15) is 18.3 Å². The molecule has 5 nitrogen and oxygen atoms in total. The van der Waals surface area contributed by atoms with Gasteiger partial charge in [0.05, 0.1) is 28.7 Å². The van der Waals surface area contributed by atoms with Crippen LogP contribution < -0.4 is 5.32 Å². The van der Waals surface area contributed by atoms with Crippen molar-refractivity contribution in [3.05, 3.63) is 77.0 Å². The first-order valence-electron chi connectivity index (χ1n) is 8.09. The Morgan fingerprint density at radius 1 is 1.11 bits per heavy atom. The maximum Gasteiger partial charge on any atom is 0.416 e. The van der Waals surface area contributed by atoms with Crippen LogP contribution in [0.3, 0.4) is 0 Å². The Morgan fingerprint density at radius 3 is 2.67 bits per heavy atom. The number of benzene rings is 2. The zero-order chi connectivity index (χ0) is 19.0. The SMILES string of the molecule is O=C(Nc1ccn[nH]1)c1cccc2c1N=C(c1cccc(C(F)(F)F)c1)C2. The number of nitrogens with one attached hydrogen (secondary N) is 2. The average molecular weight is 370 g/mol. The number of nitrogens with zero attached hydrogens (tertiary/aromatic N) is 2. The van der Waals surface area contributed by atoms with Gasteiger partial charge >= 0.3 is 6.18 Å². The molecule has 2 heterocycles. The number of aliphatic imine (C=N–C) groups is 1. The number of carbonyl (C=O) groups excluding carboxylic acids is 1. The van der Waals surface area contributed by atoms with Gasteiger partial charge < -0.3 is 5.32 Å². The molecule has 0 spiro atoms. The molecule has 2 aromatic carbocycles. The number of hydrogen-bond donors (Lipinski definition) is 2. The van der Waals surface area contributed by atoms with Crippen LogP contribution in [0.2, 0.25) is 0 Å². The summed E-state index contributed by atoms with van der Waals surface area (Å²) in [5, 5.41) is 9.07. The number of halogens is 3. The van der Waals surface area contributed by atoms with Crippen molar-refractivity contribution in [2.45, 2.75) is 12.6 Å². The normalized spacial score (nSPS) is 13.2. The van der Waals surface area contributed by atoms with E-state index in [-0.39, 0.29) is 5.91 Å². The van der Waals surface area contributed by atoms with E-state index < -0.39 is 11.7 Å². The lowest BCUT2D eigenvalue weighted by Gasteiger charge is -2.08. The number of alkyl halides is 3. The monoisotopic (exact) mass is 370 g/mol. The summed E-state index contributed by atoms with van der Waals surface area (Å²) in [6, 6.07) is 11.8. The molecule has 0 fully saturated rings. The molecule has 1 aliphatic rings. The molecule has 0 saturated heterocycles. The van der Waals surface area contributed by atoms with Crippen LogP contribution >= 0.6 is 0 Å². The number of carbonyl (C=O) groups is 1. The number of aromatic amines is 1. The van der Waals surface area contributed by atoms with E-state index in [2.05, 4.69) is 20.5 Å². The van der Waals surface area contributed by atoms with Crippen LogP contribution in [0.4, 0.5) is 24.7 Å². The summed E-state index contributed by atoms with van der Waals surface area (Å²) in [5.74, 6) is 0.0721. The van der Waals surface area contributed by atoms with Crippen molar-refractivity contribution in [1.29, 1.82) is 0 Å². The summed E-state index contributed by atoms with van der Waals surface area (Å²) in [6.07, 6.45) is -2.55. The first-order chi connectivity index (χ1) is 12.9. The lowest BCUT2D eigenvalue weighted by atomic mass is 10.0. The number of amides is 1. The summed E-state index contributed by atoms with van der Waals surface area (Å²) in [7, 11) is 0. The minimum atomic E-state index is -4.42. The third-order valence-electron chi connectivity index (χ3n) is 4.24. The fourth-order valence-electron chi connectivity index (χ4n) is 2.96. The van der Waals surface area contributed by atoms with Gasteiger partial charge in [0.2, 0.25) is 0 Å². The molecule has 0 radical (unpaired) electrons. The molecule has 0 atom stereocenters. The van der Waals surface area contributed by atoms with Crippen LogP contribution in [0.1, 0.15) is 27.0 Å². The number of aromatic nitrogens is 2. The third kappa shape index (κ3) is 3.33. The quantitative estimate of drug-likeness (QED) is 0.719. The number of hydrogen-bond acceptors (Lipinski definition) is 3. The van der Waals surface area contributed by atoms with E-state index in [0.717, 1.165) is 17.7 Å². The van der Waals surface area contributed by atoms with Gasteiger partial charge in [0.25, 0.3) is 5.91 Å². The van der Waals surface area contributed by atoms with Crippen molar-refractivity contribution < 1.29 is 18.0 Å². The molecule has 1 aromatic heterocycles. The van der Waals surface area contributed by atoms with Gasteiger partial charge in [-0.15, -0.1) is 0 Å². The molecular formula is C19H13F3N4O. The first kappa shape index (κ1) is 17.0. The van der Waals surface area contributed by atoms with Crippen molar-refractivity contribution in [3.8, 4) is 0 Å². The second kappa shape index (κ2) is 6.39. The van der Waals surface area contributed by atoms with Gasteiger partial charge in [-0.05, 0) is 29.3 Å². The van der Waals surface area contributed by atoms with Crippen molar-refractivity contribution >= 4 is 23.1 Å². The smallest absolute Gasteiger partial charge is 0.307 e. The summed E-state index contributed by atoms with van der Waals surface area (Å²) >= 11 is 0. The highest BCUT2D eigenvalue weighted by Gasteiger charge is 2.31. The molecule has 1 amide bonds. The van der Waals surface area contributed by atoms with Gasteiger partial charge in [-0.1, -0.05) is 24.3 Å². The van der Waals surface area contributed by atoms with Crippen molar-refractivity contribution in [3.63, 3.8) is 0 Å².